The lowest BCUT2D eigenvalue weighted by Gasteiger charge is -2.15. The fraction of sp³-hybridized carbons (Fsp3) is 0.240. The number of rotatable bonds is 9. The van der Waals surface area contributed by atoms with E-state index in [9.17, 15) is 23.5 Å². The van der Waals surface area contributed by atoms with Crippen molar-refractivity contribution in [3.8, 4) is 17.1 Å². The molecule has 0 bridgehead atoms. The van der Waals surface area contributed by atoms with Crippen LogP contribution in [0.15, 0.2) is 70.8 Å². The van der Waals surface area contributed by atoms with E-state index in [4.69, 9.17) is 10.5 Å². The van der Waals surface area contributed by atoms with Gasteiger partial charge in [-0.1, -0.05) is 30.8 Å². The van der Waals surface area contributed by atoms with Crippen molar-refractivity contribution in [2.75, 3.05) is 12.3 Å². The van der Waals surface area contributed by atoms with Gasteiger partial charge in [0.25, 0.3) is 5.56 Å². The van der Waals surface area contributed by atoms with Gasteiger partial charge in [0, 0.05) is 44.1 Å². The summed E-state index contributed by atoms with van der Waals surface area (Å²) in [5.74, 6) is 0.152. The lowest BCUT2D eigenvalue weighted by atomic mass is 10.1. The highest BCUT2D eigenvalue weighted by Crippen LogP contribution is 2.29. The van der Waals surface area contributed by atoms with Gasteiger partial charge in [-0.05, 0) is 36.2 Å². The summed E-state index contributed by atoms with van der Waals surface area (Å²) in [6.07, 6.45) is -2.97. The van der Waals surface area contributed by atoms with Crippen LogP contribution in [0.2, 0.25) is 0 Å². The summed E-state index contributed by atoms with van der Waals surface area (Å²) in [4.78, 5) is 30.9. The zero-order chi connectivity index (χ0) is 26.0. The molecule has 0 unspecified atom stereocenters. The number of halogens is 2. The number of nitrogens with two attached hydrogens (primary N) is 1. The summed E-state index contributed by atoms with van der Waals surface area (Å²) < 4.78 is 36.2. The molecule has 0 aliphatic carbocycles. The molecule has 0 atom stereocenters. The Kier molecular flexibility index (Phi) is 6.75. The lowest BCUT2D eigenvalue weighted by molar-refractivity contribution is -0.131. The number of fused-ring (bicyclic) bond motifs is 1. The predicted octanol–water partition coefficient (Wildman–Crippen LogP) is 2.73. The average Bonchev–Trinajstić information content (AvgIpc) is 3.23. The molecule has 0 saturated heterocycles. The topological polar surface area (TPSA) is 117 Å². The van der Waals surface area contributed by atoms with E-state index in [-0.39, 0.29) is 48.9 Å². The number of benzene rings is 2. The van der Waals surface area contributed by atoms with E-state index in [1.165, 1.54) is 29.8 Å². The second-order valence-corrected chi connectivity index (χ2v) is 8.21. The molecule has 0 fully saturated rings. The molecule has 0 radical (unpaired) electrons. The number of alkyl halides is 2. The molecule has 188 valence electrons. The van der Waals surface area contributed by atoms with Gasteiger partial charge in [-0.25, -0.2) is 9.78 Å². The van der Waals surface area contributed by atoms with E-state index in [0.29, 0.717) is 17.3 Å². The molecule has 3 N–H and O–H groups in total. The van der Waals surface area contributed by atoms with Gasteiger partial charge in [0.2, 0.25) is 0 Å². The maximum absolute atomic E-state index is 13.8. The summed E-state index contributed by atoms with van der Waals surface area (Å²) in [5, 5.41) is 9.22. The Labute approximate surface area is 204 Å². The van der Waals surface area contributed by atoms with Gasteiger partial charge in [-0.15, -0.1) is 0 Å². The molecule has 36 heavy (non-hydrogen) atoms. The first-order chi connectivity index (χ1) is 17.1. The zero-order valence-electron chi connectivity index (χ0n) is 19.5. The normalized spacial score (nSPS) is 11.7. The molecule has 2 heterocycles. The molecule has 2 aromatic heterocycles. The zero-order valence-corrected chi connectivity index (χ0v) is 19.5. The first-order valence-electron chi connectivity index (χ1n) is 11.1. The van der Waals surface area contributed by atoms with E-state index in [2.05, 4.69) is 11.6 Å². The maximum atomic E-state index is 13.8. The molecule has 0 amide bonds. The van der Waals surface area contributed by atoms with Crippen molar-refractivity contribution in [2.45, 2.75) is 25.6 Å². The van der Waals surface area contributed by atoms with Crippen molar-refractivity contribution in [3.63, 3.8) is 0 Å². The highest BCUT2D eigenvalue weighted by atomic mass is 19.3. The Hall–Kier alpha value is -4.25. The largest absolute Gasteiger partial charge is 0.429 e. The van der Waals surface area contributed by atoms with Crippen LogP contribution in [0.1, 0.15) is 12.0 Å². The Morgan fingerprint density at radius 1 is 1.17 bits per heavy atom. The Morgan fingerprint density at radius 2 is 1.89 bits per heavy atom. The monoisotopic (exact) mass is 497 g/mol. The average molecular weight is 498 g/mol. The quantitative estimate of drug-likeness (QED) is 0.271. The van der Waals surface area contributed by atoms with Crippen molar-refractivity contribution in [1.29, 1.82) is 0 Å². The van der Waals surface area contributed by atoms with Gasteiger partial charge >= 0.3 is 11.8 Å². The first-order valence-corrected chi connectivity index (χ1v) is 11.1. The Balaban J connectivity index is 1.97. The second-order valence-electron chi connectivity index (χ2n) is 8.21. The van der Waals surface area contributed by atoms with Crippen molar-refractivity contribution in [2.24, 2.45) is 7.05 Å². The minimum atomic E-state index is -3.58. The molecule has 4 rings (SSSR count). The van der Waals surface area contributed by atoms with Crippen LogP contribution in [0.4, 0.5) is 14.5 Å². The third kappa shape index (κ3) is 4.78. The van der Waals surface area contributed by atoms with Crippen molar-refractivity contribution in [1.82, 2.24) is 18.7 Å². The number of nitrogen functional groups attached to an aromatic ring is 1. The number of hydrogen-bond donors (Lipinski definition) is 2. The highest BCUT2D eigenvalue weighted by Gasteiger charge is 2.27. The number of ether oxygens (including phenoxy) is 1. The number of aliphatic hydroxyl groups is 1. The third-order valence-electron chi connectivity index (χ3n) is 5.68. The minimum absolute atomic E-state index is 0.0281. The van der Waals surface area contributed by atoms with Gasteiger partial charge in [0.05, 0.1) is 0 Å². The van der Waals surface area contributed by atoms with E-state index in [1.54, 1.807) is 34.9 Å². The van der Waals surface area contributed by atoms with Gasteiger partial charge in [0.1, 0.15) is 11.6 Å². The smallest absolute Gasteiger partial charge is 0.419 e. The third-order valence-corrected chi connectivity index (χ3v) is 5.68. The van der Waals surface area contributed by atoms with Crippen LogP contribution in [0.25, 0.3) is 22.6 Å². The van der Waals surface area contributed by atoms with Crippen LogP contribution < -0.4 is 21.7 Å². The molecule has 0 saturated carbocycles. The van der Waals surface area contributed by atoms with Crippen LogP contribution >= 0.6 is 0 Å². The first kappa shape index (κ1) is 24.9. The molecule has 11 heteroatoms. The number of aromatic nitrogens is 4. The molecule has 0 aliphatic heterocycles. The lowest BCUT2D eigenvalue weighted by Crippen LogP contribution is -2.39. The van der Waals surface area contributed by atoms with Crippen LogP contribution in [0.5, 0.6) is 5.75 Å². The van der Waals surface area contributed by atoms with Gasteiger partial charge in [-0.3, -0.25) is 13.9 Å². The number of nitrogens with zero attached hydrogens (tertiary/aromatic N) is 4. The molecule has 2 aromatic carbocycles. The molecular weight excluding hydrogens is 472 g/mol. The van der Waals surface area contributed by atoms with E-state index < -0.39 is 17.4 Å². The van der Waals surface area contributed by atoms with E-state index in [1.807, 2.05) is 0 Å². The summed E-state index contributed by atoms with van der Waals surface area (Å²) in [6, 6.07) is 12.9. The Bertz CT molecular complexity index is 1540. The van der Waals surface area contributed by atoms with E-state index in [0.717, 1.165) is 10.1 Å². The van der Waals surface area contributed by atoms with Crippen LogP contribution in [0, 0.1) is 0 Å². The number of imidazole rings is 1. The van der Waals surface area contributed by atoms with Crippen molar-refractivity contribution < 1.29 is 18.6 Å². The minimum Gasteiger partial charge on any atom is -0.429 e. The molecule has 4 aromatic rings. The Morgan fingerprint density at radius 3 is 2.56 bits per heavy atom. The van der Waals surface area contributed by atoms with Crippen LogP contribution in [0.3, 0.4) is 0 Å². The van der Waals surface area contributed by atoms with Gasteiger partial charge in [0.15, 0.2) is 11.2 Å². The highest BCUT2D eigenvalue weighted by molar-refractivity contribution is 5.77. The number of aliphatic hydroxyl groups excluding tert-OH is 1. The molecule has 9 nitrogen and oxygen atoms in total. The van der Waals surface area contributed by atoms with Crippen LogP contribution in [-0.2, 0) is 20.1 Å². The predicted molar refractivity (Wildman–Crippen MR) is 132 cm³/mol. The number of hydrogen-bond acceptors (Lipinski definition) is 6. The fourth-order valence-electron chi connectivity index (χ4n) is 3.87. The fourth-order valence-corrected chi connectivity index (χ4v) is 3.87. The molecule has 0 aliphatic rings. The van der Waals surface area contributed by atoms with Gasteiger partial charge < -0.3 is 20.1 Å². The van der Waals surface area contributed by atoms with Crippen LogP contribution in [-0.4, -0.2) is 36.5 Å². The maximum Gasteiger partial charge on any atom is 0.419 e. The SMILES string of the molecule is C=CC(F)(F)Oc1cccc(-c2nc3c(c(=O)n(CCCO)c(=O)n3C)n2Cc2ccc(N)cc2)c1. The number of anilines is 1. The molecular formula is C25H25F2N5O4. The van der Waals surface area contributed by atoms with Crippen molar-refractivity contribution >= 4 is 16.9 Å². The summed E-state index contributed by atoms with van der Waals surface area (Å²) in [5.41, 5.74) is 6.71. The van der Waals surface area contributed by atoms with Crippen molar-refractivity contribution in [3.05, 3.63) is 87.6 Å². The van der Waals surface area contributed by atoms with E-state index >= 15 is 0 Å². The molecule has 0 spiro atoms. The summed E-state index contributed by atoms with van der Waals surface area (Å²) >= 11 is 0. The summed E-state index contributed by atoms with van der Waals surface area (Å²) in [6.45, 7) is 3.10. The number of aryl methyl sites for hydroxylation is 1. The summed E-state index contributed by atoms with van der Waals surface area (Å²) in [7, 11) is 1.49. The second kappa shape index (κ2) is 9.78. The van der Waals surface area contributed by atoms with Gasteiger partial charge in [-0.2, -0.15) is 8.78 Å². The standard InChI is InChI=1S/C25H25F2N5O4/c1-3-25(26,27)36-19-7-4-6-17(14-19)21-29-22-20(32(21)15-16-8-10-18(28)11-9-16)23(34)31(12-5-13-33)24(35)30(22)2/h3-4,6-11,14,33H,1,5,12-13,15,28H2,2H3.